The second-order valence-electron chi connectivity index (χ2n) is 5.46. The maximum atomic E-state index is 13.5. The molecule has 3 rings (SSSR count). The van der Waals surface area contributed by atoms with Crippen LogP contribution in [0.15, 0.2) is 36.4 Å². The minimum Gasteiger partial charge on any atom is -0.484 e. The Hall–Kier alpha value is -2.95. The molecule has 1 amide bonds. The number of alkyl halides is 3. The van der Waals surface area contributed by atoms with Gasteiger partial charge >= 0.3 is 6.18 Å². The van der Waals surface area contributed by atoms with Crippen molar-refractivity contribution >= 4 is 32.6 Å². The van der Waals surface area contributed by atoms with Crippen molar-refractivity contribution in [1.29, 1.82) is 0 Å². The number of nitrogens with one attached hydrogen (secondary N) is 1. The van der Waals surface area contributed by atoms with Gasteiger partial charge < -0.3 is 9.47 Å². The number of halogens is 5. The van der Waals surface area contributed by atoms with Crippen molar-refractivity contribution < 1.29 is 36.2 Å². The molecular formula is C17H11F5N2O3S. The zero-order valence-electron chi connectivity index (χ0n) is 13.8. The Kier molecular flexibility index (Phi) is 5.63. The SMILES string of the molecule is O=C(COc1ccc(F)cc1F)Nc1nc2ccc(OCC(F)(F)F)cc2s1. The zero-order chi connectivity index (χ0) is 20.3. The highest BCUT2D eigenvalue weighted by atomic mass is 32.1. The van der Waals surface area contributed by atoms with Crippen molar-refractivity contribution in [3.05, 3.63) is 48.0 Å². The highest BCUT2D eigenvalue weighted by Gasteiger charge is 2.28. The van der Waals surface area contributed by atoms with E-state index in [-0.39, 0.29) is 16.6 Å². The van der Waals surface area contributed by atoms with Crippen molar-refractivity contribution in [2.75, 3.05) is 18.5 Å². The number of hydrogen-bond donors (Lipinski definition) is 1. The number of ether oxygens (including phenoxy) is 2. The van der Waals surface area contributed by atoms with Crippen LogP contribution in [0.1, 0.15) is 0 Å². The van der Waals surface area contributed by atoms with Crippen LogP contribution in [0.4, 0.5) is 27.1 Å². The van der Waals surface area contributed by atoms with Crippen LogP contribution in [-0.2, 0) is 4.79 Å². The number of anilines is 1. The summed E-state index contributed by atoms with van der Waals surface area (Å²) in [5.74, 6) is -2.63. The quantitative estimate of drug-likeness (QED) is 0.598. The Morgan fingerprint density at radius 3 is 2.61 bits per heavy atom. The van der Waals surface area contributed by atoms with Crippen LogP contribution in [0.3, 0.4) is 0 Å². The Morgan fingerprint density at radius 2 is 1.89 bits per heavy atom. The second-order valence-corrected chi connectivity index (χ2v) is 6.49. The minimum atomic E-state index is -4.45. The largest absolute Gasteiger partial charge is 0.484 e. The maximum Gasteiger partial charge on any atom is 0.422 e. The summed E-state index contributed by atoms with van der Waals surface area (Å²) in [6.45, 7) is -1.96. The van der Waals surface area contributed by atoms with Gasteiger partial charge in [-0.25, -0.2) is 13.8 Å². The first-order valence-corrected chi connectivity index (χ1v) is 8.49. The minimum absolute atomic E-state index is 0.0152. The van der Waals surface area contributed by atoms with Crippen LogP contribution in [0.5, 0.6) is 11.5 Å². The molecule has 11 heteroatoms. The van der Waals surface area contributed by atoms with E-state index in [1.807, 2.05) is 0 Å². The van der Waals surface area contributed by atoms with Crippen molar-refractivity contribution in [3.63, 3.8) is 0 Å². The molecule has 148 valence electrons. The normalized spacial score (nSPS) is 11.5. The van der Waals surface area contributed by atoms with Gasteiger partial charge in [0.1, 0.15) is 11.6 Å². The van der Waals surface area contributed by atoms with E-state index >= 15 is 0 Å². The van der Waals surface area contributed by atoms with Crippen LogP contribution >= 0.6 is 11.3 Å². The molecule has 1 N–H and O–H groups in total. The first-order chi connectivity index (χ1) is 13.2. The molecule has 0 aliphatic rings. The average Bonchev–Trinajstić information content (AvgIpc) is 3.00. The molecule has 0 bridgehead atoms. The molecule has 3 aromatic rings. The van der Waals surface area contributed by atoms with Crippen LogP contribution in [0.25, 0.3) is 10.2 Å². The number of rotatable bonds is 6. The lowest BCUT2D eigenvalue weighted by Crippen LogP contribution is -2.20. The molecule has 0 radical (unpaired) electrons. The predicted octanol–water partition coefficient (Wildman–Crippen LogP) is 4.53. The number of benzene rings is 2. The van der Waals surface area contributed by atoms with Gasteiger partial charge in [-0.2, -0.15) is 13.2 Å². The third-order valence-corrected chi connectivity index (χ3v) is 4.20. The summed E-state index contributed by atoms with van der Waals surface area (Å²) in [6, 6.07) is 6.83. The van der Waals surface area contributed by atoms with E-state index in [2.05, 4.69) is 15.0 Å². The fourth-order valence-electron chi connectivity index (χ4n) is 2.10. The first kappa shape index (κ1) is 19.8. The highest BCUT2D eigenvalue weighted by molar-refractivity contribution is 7.22. The summed E-state index contributed by atoms with van der Waals surface area (Å²) >= 11 is 1.02. The first-order valence-electron chi connectivity index (χ1n) is 7.67. The lowest BCUT2D eigenvalue weighted by atomic mass is 10.3. The van der Waals surface area contributed by atoms with Gasteiger partial charge in [-0.15, -0.1) is 0 Å². The van der Waals surface area contributed by atoms with Crippen molar-refractivity contribution in [1.82, 2.24) is 4.98 Å². The molecule has 1 heterocycles. The van der Waals surface area contributed by atoms with Crippen LogP contribution < -0.4 is 14.8 Å². The molecule has 2 aromatic carbocycles. The second kappa shape index (κ2) is 7.97. The van der Waals surface area contributed by atoms with Gasteiger partial charge in [0.25, 0.3) is 5.91 Å². The highest BCUT2D eigenvalue weighted by Crippen LogP contribution is 2.30. The summed E-state index contributed by atoms with van der Waals surface area (Å²) in [5, 5.41) is 2.61. The van der Waals surface area contributed by atoms with Gasteiger partial charge in [-0.1, -0.05) is 11.3 Å². The summed E-state index contributed by atoms with van der Waals surface area (Å²) < 4.78 is 73.0. The third-order valence-electron chi connectivity index (χ3n) is 3.26. The Balaban J connectivity index is 1.61. The van der Waals surface area contributed by atoms with Crippen LogP contribution in [0.2, 0.25) is 0 Å². The molecule has 0 atom stereocenters. The van der Waals surface area contributed by atoms with E-state index in [4.69, 9.17) is 4.74 Å². The van der Waals surface area contributed by atoms with Gasteiger partial charge in [0, 0.05) is 6.07 Å². The molecule has 0 saturated heterocycles. The number of hydrogen-bond acceptors (Lipinski definition) is 5. The fraction of sp³-hybridized carbons (Fsp3) is 0.176. The molecule has 5 nitrogen and oxygen atoms in total. The van der Waals surface area contributed by atoms with E-state index in [0.717, 1.165) is 23.5 Å². The maximum absolute atomic E-state index is 13.5. The fourth-order valence-corrected chi connectivity index (χ4v) is 3.01. The van der Waals surface area contributed by atoms with E-state index in [0.29, 0.717) is 16.3 Å². The van der Waals surface area contributed by atoms with Crippen LogP contribution in [0, 0.1) is 11.6 Å². The number of nitrogens with zero attached hydrogens (tertiary/aromatic N) is 1. The Labute approximate surface area is 158 Å². The molecule has 28 heavy (non-hydrogen) atoms. The van der Waals surface area contributed by atoms with Gasteiger partial charge in [0.2, 0.25) is 0 Å². The number of thiazole rings is 1. The van der Waals surface area contributed by atoms with Crippen molar-refractivity contribution in [3.8, 4) is 11.5 Å². The number of aromatic nitrogens is 1. The molecule has 0 aliphatic carbocycles. The topological polar surface area (TPSA) is 60.5 Å². The summed E-state index contributed by atoms with van der Waals surface area (Å²) in [7, 11) is 0. The molecule has 0 saturated carbocycles. The van der Waals surface area contributed by atoms with Crippen molar-refractivity contribution in [2.24, 2.45) is 0 Å². The van der Waals surface area contributed by atoms with Crippen LogP contribution in [-0.4, -0.2) is 30.3 Å². The Bertz CT molecular complexity index is 1010. The van der Waals surface area contributed by atoms with Gasteiger partial charge in [0.05, 0.1) is 10.2 Å². The zero-order valence-corrected chi connectivity index (χ0v) is 14.7. The van der Waals surface area contributed by atoms with Gasteiger partial charge in [0.15, 0.2) is 29.9 Å². The smallest absolute Gasteiger partial charge is 0.422 e. The standard InChI is InChI=1S/C17H11F5N2O3S/c18-9-1-4-13(11(19)5-9)26-7-15(25)24-16-23-12-3-2-10(6-14(12)28-16)27-8-17(20,21)22/h1-6H,7-8H2,(H,23,24,25). The average molecular weight is 418 g/mol. The van der Waals surface area contributed by atoms with Gasteiger partial charge in [-0.05, 0) is 30.3 Å². The third kappa shape index (κ3) is 5.28. The van der Waals surface area contributed by atoms with E-state index in [1.54, 1.807) is 0 Å². The molecule has 1 aromatic heterocycles. The number of carbonyl (C=O) groups excluding carboxylic acids is 1. The molecule has 0 spiro atoms. The monoisotopic (exact) mass is 418 g/mol. The number of amides is 1. The van der Waals surface area contributed by atoms with E-state index in [9.17, 15) is 26.7 Å². The predicted molar refractivity (Wildman–Crippen MR) is 91.7 cm³/mol. The van der Waals surface area contributed by atoms with E-state index < -0.39 is 36.9 Å². The lowest BCUT2D eigenvalue weighted by Gasteiger charge is -2.08. The summed E-state index contributed by atoms with van der Waals surface area (Å²) in [5.41, 5.74) is 0.449. The summed E-state index contributed by atoms with van der Waals surface area (Å²) in [6.07, 6.45) is -4.45. The molecule has 0 aliphatic heterocycles. The lowest BCUT2D eigenvalue weighted by molar-refractivity contribution is -0.153. The summed E-state index contributed by atoms with van der Waals surface area (Å²) in [4.78, 5) is 16.0. The van der Waals surface area contributed by atoms with Gasteiger partial charge in [-0.3, -0.25) is 10.1 Å². The number of carbonyl (C=O) groups is 1. The molecule has 0 fully saturated rings. The molecule has 0 unspecified atom stereocenters. The van der Waals surface area contributed by atoms with E-state index in [1.165, 1.54) is 18.2 Å². The number of fused-ring (bicyclic) bond motifs is 1. The Morgan fingerprint density at radius 1 is 1.11 bits per heavy atom. The molecular weight excluding hydrogens is 407 g/mol. The van der Waals surface area contributed by atoms with Crippen molar-refractivity contribution in [2.45, 2.75) is 6.18 Å².